The quantitative estimate of drug-likeness (QED) is 0.601. The van der Waals surface area contributed by atoms with E-state index in [9.17, 15) is 0 Å². The monoisotopic (exact) mass is 383 g/mol. The van der Waals surface area contributed by atoms with E-state index < -0.39 is 0 Å². The normalized spacial score (nSPS) is 9.81. The van der Waals surface area contributed by atoms with Crippen LogP contribution in [0.1, 0.15) is 0 Å². The van der Waals surface area contributed by atoms with Gasteiger partial charge in [0.2, 0.25) is 5.75 Å². The Morgan fingerprint density at radius 2 is 1.15 bits per heavy atom. The minimum absolute atomic E-state index is 0. The highest BCUT2D eigenvalue weighted by Gasteiger charge is 2.10. The van der Waals surface area contributed by atoms with Crippen LogP contribution in [0.15, 0.2) is 42.5 Å². The van der Waals surface area contributed by atoms with E-state index in [0.29, 0.717) is 43.6 Å². The van der Waals surface area contributed by atoms with Crippen LogP contribution in [0.25, 0.3) is 0 Å². The Morgan fingerprint density at radius 1 is 0.654 bits per heavy atom. The molecule has 0 aromatic heterocycles. The van der Waals surface area contributed by atoms with Crippen molar-refractivity contribution < 1.29 is 23.7 Å². The maximum atomic E-state index is 5.78. The summed E-state index contributed by atoms with van der Waals surface area (Å²) >= 11 is 0. The molecule has 0 atom stereocenters. The van der Waals surface area contributed by atoms with Gasteiger partial charge in [-0.15, -0.1) is 12.4 Å². The highest BCUT2D eigenvalue weighted by Crippen LogP contribution is 2.36. The fourth-order valence-electron chi connectivity index (χ4n) is 2.28. The Morgan fingerprint density at radius 3 is 1.73 bits per heavy atom. The van der Waals surface area contributed by atoms with Gasteiger partial charge in [0.05, 0.1) is 21.3 Å². The van der Waals surface area contributed by atoms with Crippen LogP contribution < -0.4 is 29.0 Å². The van der Waals surface area contributed by atoms with Crippen LogP contribution in [0, 0.1) is 0 Å². The van der Waals surface area contributed by atoms with Crippen molar-refractivity contribution in [2.24, 2.45) is 0 Å². The zero-order valence-corrected chi connectivity index (χ0v) is 16.1. The molecule has 0 unspecified atom stereocenters. The van der Waals surface area contributed by atoms with Gasteiger partial charge in [-0.25, -0.2) is 0 Å². The number of hydrogen-bond acceptors (Lipinski definition) is 6. The number of rotatable bonds is 11. The van der Waals surface area contributed by atoms with Crippen LogP contribution in [-0.4, -0.2) is 47.6 Å². The van der Waals surface area contributed by atoms with Crippen molar-refractivity contribution >= 4 is 12.4 Å². The second kappa shape index (κ2) is 12.1. The Hall–Kier alpha value is -2.31. The number of hydrogen-bond donors (Lipinski definition) is 1. The van der Waals surface area contributed by atoms with E-state index in [4.69, 9.17) is 23.7 Å². The minimum atomic E-state index is 0. The molecule has 7 heteroatoms. The summed E-state index contributed by atoms with van der Waals surface area (Å²) in [5, 5.41) is 3.27. The SMILES string of the molecule is COc1ccccc1OCCNCCOc1c(OC)cccc1OC.Cl. The molecule has 2 aromatic carbocycles. The Labute approximate surface area is 160 Å². The molecular weight excluding hydrogens is 358 g/mol. The van der Waals surface area contributed by atoms with Crippen molar-refractivity contribution in [2.45, 2.75) is 0 Å². The first-order valence-corrected chi connectivity index (χ1v) is 8.10. The maximum absolute atomic E-state index is 5.78. The van der Waals surface area contributed by atoms with Gasteiger partial charge in [-0.3, -0.25) is 0 Å². The molecule has 0 spiro atoms. The molecule has 2 rings (SSSR count). The number of halogens is 1. The smallest absolute Gasteiger partial charge is 0.203 e. The second-order valence-electron chi connectivity index (χ2n) is 5.09. The van der Waals surface area contributed by atoms with Crippen molar-refractivity contribution in [1.82, 2.24) is 5.32 Å². The number of nitrogens with one attached hydrogen (secondary N) is 1. The largest absolute Gasteiger partial charge is 0.493 e. The molecule has 0 aliphatic carbocycles. The highest BCUT2D eigenvalue weighted by molar-refractivity contribution is 5.85. The molecule has 6 nitrogen and oxygen atoms in total. The molecule has 2 aromatic rings. The lowest BCUT2D eigenvalue weighted by Gasteiger charge is -2.14. The fraction of sp³-hybridized carbons (Fsp3) is 0.368. The fourth-order valence-corrected chi connectivity index (χ4v) is 2.28. The summed E-state index contributed by atoms with van der Waals surface area (Å²) < 4.78 is 27.3. The molecule has 0 saturated heterocycles. The zero-order valence-electron chi connectivity index (χ0n) is 15.3. The molecule has 0 radical (unpaired) electrons. The van der Waals surface area contributed by atoms with Gasteiger partial charge in [0.15, 0.2) is 23.0 Å². The van der Waals surface area contributed by atoms with Gasteiger partial charge in [0, 0.05) is 13.1 Å². The van der Waals surface area contributed by atoms with Crippen LogP contribution in [0.4, 0.5) is 0 Å². The van der Waals surface area contributed by atoms with Gasteiger partial charge in [-0.1, -0.05) is 18.2 Å². The predicted molar refractivity (Wildman–Crippen MR) is 104 cm³/mol. The van der Waals surface area contributed by atoms with Gasteiger partial charge in [-0.2, -0.15) is 0 Å². The van der Waals surface area contributed by atoms with Crippen LogP contribution >= 0.6 is 12.4 Å². The van der Waals surface area contributed by atoms with Crippen LogP contribution in [-0.2, 0) is 0 Å². The van der Waals surface area contributed by atoms with Crippen molar-refractivity contribution in [1.29, 1.82) is 0 Å². The molecule has 1 N–H and O–H groups in total. The van der Waals surface area contributed by atoms with E-state index in [1.54, 1.807) is 21.3 Å². The van der Waals surface area contributed by atoms with Gasteiger partial charge in [-0.05, 0) is 24.3 Å². The number of benzene rings is 2. The van der Waals surface area contributed by atoms with Gasteiger partial charge in [0.1, 0.15) is 13.2 Å². The van der Waals surface area contributed by atoms with E-state index in [1.165, 1.54) is 0 Å². The number of para-hydroxylation sites is 3. The first-order valence-electron chi connectivity index (χ1n) is 8.10. The Balaban J connectivity index is 0.00000338. The molecule has 0 bridgehead atoms. The first-order chi connectivity index (χ1) is 12.3. The zero-order chi connectivity index (χ0) is 17.9. The summed E-state index contributed by atoms with van der Waals surface area (Å²) in [5.41, 5.74) is 0. The van der Waals surface area contributed by atoms with E-state index in [2.05, 4.69) is 5.32 Å². The van der Waals surface area contributed by atoms with Gasteiger partial charge >= 0.3 is 0 Å². The van der Waals surface area contributed by atoms with E-state index in [1.807, 2.05) is 42.5 Å². The summed E-state index contributed by atoms with van der Waals surface area (Å²) in [6, 6.07) is 13.1. The molecule has 0 amide bonds. The summed E-state index contributed by atoms with van der Waals surface area (Å²) in [6.45, 7) is 2.41. The Bertz CT molecular complexity index is 631. The van der Waals surface area contributed by atoms with Crippen LogP contribution in [0.5, 0.6) is 28.7 Å². The molecule has 144 valence electrons. The first kappa shape index (κ1) is 21.7. The van der Waals surface area contributed by atoms with E-state index in [0.717, 1.165) is 11.5 Å². The number of methoxy groups -OCH3 is 3. The van der Waals surface area contributed by atoms with Crippen molar-refractivity contribution in [3.63, 3.8) is 0 Å². The predicted octanol–water partition coefficient (Wildman–Crippen LogP) is 3.18. The van der Waals surface area contributed by atoms with Crippen LogP contribution in [0.3, 0.4) is 0 Å². The third-order valence-corrected chi connectivity index (χ3v) is 3.51. The Kier molecular flexibility index (Phi) is 10.1. The standard InChI is InChI=1S/C19H25NO5.ClH/c1-21-15-7-4-5-8-16(15)24-13-11-20-12-14-25-19-17(22-2)9-6-10-18(19)23-3;/h4-10,20H,11-14H2,1-3H3;1H. The summed E-state index contributed by atoms with van der Waals surface area (Å²) in [4.78, 5) is 0. The third kappa shape index (κ3) is 6.20. The average Bonchev–Trinajstić information content (AvgIpc) is 2.67. The van der Waals surface area contributed by atoms with Crippen molar-refractivity contribution in [3.05, 3.63) is 42.5 Å². The topological polar surface area (TPSA) is 58.2 Å². The van der Waals surface area contributed by atoms with Crippen molar-refractivity contribution in [2.75, 3.05) is 47.6 Å². The summed E-state index contributed by atoms with van der Waals surface area (Å²) in [6.07, 6.45) is 0. The lowest BCUT2D eigenvalue weighted by Crippen LogP contribution is -2.26. The highest BCUT2D eigenvalue weighted by atomic mass is 35.5. The molecular formula is C19H26ClNO5. The van der Waals surface area contributed by atoms with E-state index in [-0.39, 0.29) is 12.4 Å². The van der Waals surface area contributed by atoms with Crippen molar-refractivity contribution in [3.8, 4) is 28.7 Å². The molecule has 0 aliphatic rings. The van der Waals surface area contributed by atoms with E-state index >= 15 is 0 Å². The number of ether oxygens (including phenoxy) is 5. The summed E-state index contributed by atoms with van der Waals surface area (Å²) in [7, 11) is 4.84. The second-order valence-corrected chi connectivity index (χ2v) is 5.09. The molecule has 0 aliphatic heterocycles. The van der Waals surface area contributed by atoms with Crippen LogP contribution in [0.2, 0.25) is 0 Å². The van der Waals surface area contributed by atoms with Gasteiger partial charge in [0.25, 0.3) is 0 Å². The lowest BCUT2D eigenvalue weighted by molar-refractivity contribution is 0.262. The third-order valence-electron chi connectivity index (χ3n) is 3.51. The molecule has 26 heavy (non-hydrogen) atoms. The van der Waals surface area contributed by atoms with Gasteiger partial charge < -0.3 is 29.0 Å². The minimum Gasteiger partial charge on any atom is -0.493 e. The molecule has 0 heterocycles. The molecule has 0 fully saturated rings. The summed E-state index contributed by atoms with van der Waals surface area (Å²) in [5.74, 6) is 3.38. The molecule has 0 saturated carbocycles. The average molecular weight is 384 g/mol. The maximum Gasteiger partial charge on any atom is 0.203 e. The lowest BCUT2D eigenvalue weighted by atomic mass is 10.3.